The number of nitrogens with zero attached hydrogens (tertiary/aromatic N) is 1. The third-order valence-corrected chi connectivity index (χ3v) is 4.23. The van der Waals surface area contributed by atoms with Gasteiger partial charge in [0, 0.05) is 16.7 Å². The molecule has 2 rings (SSSR count). The average Bonchev–Trinajstić information content (AvgIpc) is 2.68. The van der Waals surface area contributed by atoms with Gasteiger partial charge >= 0.3 is 12.0 Å². The number of halogens is 1. The summed E-state index contributed by atoms with van der Waals surface area (Å²) < 4.78 is 0.869. The standard InChI is InChI=1S/C15H19BrN2O3/c1-10-6-7-11(16)9-12(10)17-15(21)18-8-4-2-3-5-13(18)14(19)20/h6-7,9,13H,2-5,8H2,1H3,(H,17,21)(H,19,20). The quantitative estimate of drug-likeness (QED) is 0.851. The lowest BCUT2D eigenvalue weighted by atomic mass is 10.1. The van der Waals surface area contributed by atoms with Crippen LogP contribution in [0.5, 0.6) is 0 Å². The number of urea groups is 1. The average molecular weight is 355 g/mol. The van der Waals surface area contributed by atoms with Crippen LogP contribution in [0, 0.1) is 6.92 Å². The van der Waals surface area contributed by atoms with Crippen molar-refractivity contribution in [3.8, 4) is 0 Å². The SMILES string of the molecule is Cc1ccc(Br)cc1NC(=O)N1CCCCCC1C(=O)O. The summed E-state index contributed by atoms with van der Waals surface area (Å²) in [6, 6.07) is 4.54. The number of aryl methyl sites for hydroxylation is 1. The highest BCUT2D eigenvalue weighted by molar-refractivity contribution is 9.10. The second-order valence-corrected chi connectivity index (χ2v) is 6.20. The summed E-state index contributed by atoms with van der Waals surface area (Å²) in [7, 11) is 0. The first-order valence-electron chi connectivity index (χ1n) is 7.05. The summed E-state index contributed by atoms with van der Waals surface area (Å²) in [6.45, 7) is 2.38. The molecule has 6 heteroatoms. The van der Waals surface area contributed by atoms with Crippen molar-refractivity contribution in [1.29, 1.82) is 0 Å². The van der Waals surface area contributed by atoms with E-state index in [0.29, 0.717) is 18.7 Å². The molecule has 0 radical (unpaired) electrons. The van der Waals surface area contributed by atoms with Gasteiger partial charge in [-0.15, -0.1) is 0 Å². The number of hydrogen-bond donors (Lipinski definition) is 2. The molecule has 2 N–H and O–H groups in total. The number of hydrogen-bond acceptors (Lipinski definition) is 2. The van der Waals surface area contributed by atoms with Gasteiger partial charge in [-0.05, 0) is 37.5 Å². The van der Waals surface area contributed by atoms with Crippen LogP contribution in [-0.4, -0.2) is 34.6 Å². The van der Waals surface area contributed by atoms with Gasteiger partial charge in [-0.2, -0.15) is 0 Å². The van der Waals surface area contributed by atoms with Crippen LogP contribution in [0.15, 0.2) is 22.7 Å². The van der Waals surface area contributed by atoms with Crippen LogP contribution in [0.4, 0.5) is 10.5 Å². The van der Waals surface area contributed by atoms with Crippen LogP contribution in [-0.2, 0) is 4.79 Å². The summed E-state index contributed by atoms with van der Waals surface area (Å²) in [5, 5.41) is 12.1. The molecule has 1 aromatic carbocycles. The van der Waals surface area contributed by atoms with E-state index in [1.807, 2.05) is 25.1 Å². The molecular weight excluding hydrogens is 336 g/mol. The van der Waals surface area contributed by atoms with Gasteiger partial charge in [0.2, 0.25) is 0 Å². The lowest BCUT2D eigenvalue weighted by Crippen LogP contribution is -2.46. The van der Waals surface area contributed by atoms with Crippen LogP contribution in [0.25, 0.3) is 0 Å². The number of amides is 2. The molecule has 21 heavy (non-hydrogen) atoms. The topological polar surface area (TPSA) is 69.6 Å². The Labute approximate surface area is 132 Å². The number of benzene rings is 1. The van der Waals surface area contributed by atoms with E-state index >= 15 is 0 Å². The fourth-order valence-corrected chi connectivity index (χ4v) is 2.89. The summed E-state index contributed by atoms with van der Waals surface area (Å²) in [6.07, 6.45) is 3.16. The van der Waals surface area contributed by atoms with Crippen molar-refractivity contribution in [2.24, 2.45) is 0 Å². The largest absolute Gasteiger partial charge is 0.480 e. The number of carbonyl (C=O) groups excluding carboxylic acids is 1. The summed E-state index contributed by atoms with van der Waals surface area (Å²) >= 11 is 3.37. The molecule has 0 aliphatic carbocycles. The first kappa shape index (κ1) is 15.8. The van der Waals surface area contributed by atoms with Crippen molar-refractivity contribution in [3.05, 3.63) is 28.2 Å². The van der Waals surface area contributed by atoms with Crippen LogP contribution >= 0.6 is 15.9 Å². The highest BCUT2D eigenvalue weighted by atomic mass is 79.9. The zero-order valence-electron chi connectivity index (χ0n) is 11.9. The van der Waals surface area contributed by atoms with E-state index in [1.165, 1.54) is 4.90 Å². The minimum absolute atomic E-state index is 0.342. The van der Waals surface area contributed by atoms with Crippen molar-refractivity contribution in [3.63, 3.8) is 0 Å². The normalized spacial score (nSPS) is 19.0. The second kappa shape index (κ2) is 6.93. The summed E-state index contributed by atoms with van der Waals surface area (Å²) in [4.78, 5) is 25.2. The van der Waals surface area contributed by atoms with Gasteiger partial charge < -0.3 is 15.3 Å². The third kappa shape index (κ3) is 3.97. The van der Waals surface area contributed by atoms with Gasteiger partial charge in [0.1, 0.15) is 6.04 Å². The number of carboxylic acids is 1. The van der Waals surface area contributed by atoms with Crippen molar-refractivity contribution >= 4 is 33.6 Å². The van der Waals surface area contributed by atoms with E-state index in [9.17, 15) is 14.7 Å². The molecule has 0 aromatic heterocycles. The van der Waals surface area contributed by atoms with Gasteiger partial charge in [-0.25, -0.2) is 9.59 Å². The highest BCUT2D eigenvalue weighted by Gasteiger charge is 2.30. The van der Waals surface area contributed by atoms with Crippen LogP contribution in [0.3, 0.4) is 0 Å². The lowest BCUT2D eigenvalue weighted by molar-refractivity contribution is -0.142. The van der Waals surface area contributed by atoms with Gasteiger partial charge in [-0.1, -0.05) is 34.8 Å². The zero-order chi connectivity index (χ0) is 15.4. The Morgan fingerprint density at radius 1 is 1.33 bits per heavy atom. The molecule has 1 saturated heterocycles. The molecule has 1 aliphatic rings. The maximum absolute atomic E-state index is 12.4. The summed E-state index contributed by atoms with van der Waals surface area (Å²) in [5.41, 5.74) is 1.64. The third-order valence-electron chi connectivity index (χ3n) is 3.74. The first-order chi connectivity index (χ1) is 9.99. The molecule has 1 heterocycles. The molecule has 5 nitrogen and oxygen atoms in total. The molecule has 0 bridgehead atoms. The molecule has 114 valence electrons. The minimum Gasteiger partial charge on any atom is -0.480 e. The van der Waals surface area contributed by atoms with Gasteiger partial charge in [-0.3, -0.25) is 0 Å². The molecule has 1 fully saturated rings. The molecule has 0 spiro atoms. The van der Waals surface area contributed by atoms with Gasteiger partial charge in [0.25, 0.3) is 0 Å². The van der Waals surface area contributed by atoms with Crippen LogP contribution < -0.4 is 5.32 Å². The molecular formula is C15H19BrN2O3. The maximum Gasteiger partial charge on any atom is 0.326 e. The van der Waals surface area contributed by atoms with Crippen molar-refractivity contribution in [2.45, 2.75) is 38.6 Å². The predicted molar refractivity (Wildman–Crippen MR) is 84.5 cm³/mol. The first-order valence-corrected chi connectivity index (χ1v) is 7.85. The Balaban J connectivity index is 2.16. The molecule has 1 aliphatic heterocycles. The van der Waals surface area contributed by atoms with E-state index in [0.717, 1.165) is 29.3 Å². The Kier molecular flexibility index (Phi) is 5.22. The van der Waals surface area contributed by atoms with E-state index in [-0.39, 0.29) is 6.03 Å². The van der Waals surface area contributed by atoms with E-state index in [2.05, 4.69) is 21.2 Å². The van der Waals surface area contributed by atoms with Gasteiger partial charge in [0.15, 0.2) is 0 Å². The van der Waals surface area contributed by atoms with Crippen molar-refractivity contribution < 1.29 is 14.7 Å². The minimum atomic E-state index is -0.932. The van der Waals surface area contributed by atoms with E-state index < -0.39 is 12.0 Å². The molecule has 2 amide bonds. The van der Waals surface area contributed by atoms with Crippen molar-refractivity contribution in [1.82, 2.24) is 4.90 Å². The van der Waals surface area contributed by atoms with Crippen LogP contribution in [0.2, 0.25) is 0 Å². The number of nitrogens with one attached hydrogen (secondary N) is 1. The Hall–Kier alpha value is -1.56. The highest BCUT2D eigenvalue weighted by Crippen LogP contribution is 2.23. The number of aliphatic carboxylic acids is 1. The predicted octanol–water partition coefficient (Wildman–Crippen LogP) is 3.62. The molecule has 1 atom stereocenters. The monoisotopic (exact) mass is 354 g/mol. The second-order valence-electron chi connectivity index (χ2n) is 5.29. The fourth-order valence-electron chi connectivity index (χ4n) is 2.52. The van der Waals surface area contributed by atoms with E-state index in [4.69, 9.17) is 0 Å². The van der Waals surface area contributed by atoms with Crippen molar-refractivity contribution in [2.75, 3.05) is 11.9 Å². The zero-order valence-corrected chi connectivity index (χ0v) is 13.5. The fraction of sp³-hybridized carbons (Fsp3) is 0.467. The maximum atomic E-state index is 12.4. The summed E-state index contributed by atoms with van der Waals surface area (Å²) in [5.74, 6) is -0.932. The molecule has 1 unspecified atom stereocenters. The number of likely N-dealkylation sites (tertiary alicyclic amines) is 1. The van der Waals surface area contributed by atoms with Gasteiger partial charge in [0.05, 0.1) is 0 Å². The number of anilines is 1. The number of carbonyl (C=O) groups is 2. The number of carboxylic acid groups (broad SMARTS) is 1. The number of rotatable bonds is 2. The van der Waals surface area contributed by atoms with E-state index in [1.54, 1.807) is 0 Å². The Bertz CT molecular complexity index is 548. The lowest BCUT2D eigenvalue weighted by Gasteiger charge is -2.27. The molecule has 0 saturated carbocycles. The molecule has 1 aromatic rings. The smallest absolute Gasteiger partial charge is 0.326 e. The Morgan fingerprint density at radius 2 is 2.10 bits per heavy atom. The van der Waals surface area contributed by atoms with Crippen LogP contribution in [0.1, 0.15) is 31.2 Å². The Morgan fingerprint density at radius 3 is 2.81 bits per heavy atom.